The molecule has 0 aliphatic rings. The number of nitrogens with one attached hydrogen (secondary N) is 1. The number of carbonyl (C=O) groups is 1. The first-order valence-electron chi connectivity index (χ1n) is 5.69. The second-order valence-corrected chi connectivity index (χ2v) is 4.24. The Morgan fingerprint density at radius 2 is 2.28 bits per heavy atom. The van der Waals surface area contributed by atoms with Crippen LogP contribution in [-0.4, -0.2) is 25.7 Å². The van der Waals surface area contributed by atoms with E-state index in [1.54, 1.807) is 31.4 Å². The van der Waals surface area contributed by atoms with Gasteiger partial charge >= 0.3 is 0 Å². The highest BCUT2D eigenvalue weighted by atomic mass is 16.5. The SMILES string of the molecule is COCC(C)NC(=O)c1cc2cc(N)ccc2o1. The van der Waals surface area contributed by atoms with Crippen molar-refractivity contribution in [3.8, 4) is 0 Å². The molecule has 1 heterocycles. The molecule has 2 rings (SSSR count). The molecule has 0 aliphatic carbocycles. The van der Waals surface area contributed by atoms with E-state index in [2.05, 4.69) is 5.32 Å². The molecule has 1 aromatic carbocycles. The van der Waals surface area contributed by atoms with Gasteiger partial charge in [-0.2, -0.15) is 0 Å². The number of amides is 1. The van der Waals surface area contributed by atoms with E-state index >= 15 is 0 Å². The van der Waals surface area contributed by atoms with E-state index in [0.717, 1.165) is 5.39 Å². The summed E-state index contributed by atoms with van der Waals surface area (Å²) < 4.78 is 10.4. The van der Waals surface area contributed by atoms with Crippen molar-refractivity contribution in [2.45, 2.75) is 13.0 Å². The number of rotatable bonds is 4. The molecule has 1 unspecified atom stereocenters. The Balaban J connectivity index is 2.18. The van der Waals surface area contributed by atoms with Gasteiger partial charge in [0.1, 0.15) is 5.58 Å². The van der Waals surface area contributed by atoms with Gasteiger partial charge in [-0.05, 0) is 31.2 Å². The van der Waals surface area contributed by atoms with E-state index in [4.69, 9.17) is 14.9 Å². The van der Waals surface area contributed by atoms with Crippen LogP contribution >= 0.6 is 0 Å². The Hall–Kier alpha value is -2.01. The van der Waals surface area contributed by atoms with E-state index in [-0.39, 0.29) is 17.7 Å². The molecule has 5 heteroatoms. The van der Waals surface area contributed by atoms with Crippen LogP contribution in [0.1, 0.15) is 17.5 Å². The van der Waals surface area contributed by atoms with E-state index in [0.29, 0.717) is 17.9 Å². The molecule has 0 bridgehead atoms. The van der Waals surface area contributed by atoms with Gasteiger partial charge in [0.15, 0.2) is 5.76 Å². The molecule has 0 radical (unpaired) electrons. The zero-order valence-corrected chi connectivity index (χ0v) is 10.4. The first kappa shape index (κ1) is 12.4. The number of fused-ring (bicyclic) bond motifs is 1. The van der Waals surface area contributed by atoms with Crippen molar-refractivity contribution in [2.75, 3.05) is 19.5 Å². The summed E-state index contributed by atoms with van der Waals surface area (Å²) in [5, 5.41) is 3.60. The number of nitrogen functional groups attached to an aromatic ring is 1. The van der Waals surface area contributed by atoms with Crippen molar-refractivity contribution < 1.29 is 13.9 Å². The highest BCUT2D eigenvalue weighted by molar-refractivity contribution is 5.96. The summed E-state index contributed by atoms with van der Waals surface area (Å²) in [6, 6.07) is 6.87. The summed E-state index contributed by atoms with van der Waals surface area (Å²) >= 11 is 0. The van der Waals surface area contributed by atoms with Crippen LogP contribution in [0.2, 0.25) is 0 Å². The monoisotopic (exact) mass is 248 g/mol. The summed E-state index contributed by atoms with van der Waals surface area (Å²) in [6.45, 7) is 2.32. The van der Waals surface area contributed by atoms with E-state index < -0.39 is 0 Å². The van der Waals surface area contributed by atoms with Gasteiger partial charge < -0.3 is 20.2 Å². The lowest BCUT2D eigenvalue weighted by molar-refractivity contribution is 0.0880. The maximum absolute atomic E-state index is 11.9. The lowest BCUT2D eigenvalue weighted by Crippen LogP contribution is -2.35. The van der Waals surface area contributed by atoms with Crippen molar-refractivity contribution >= 4 is 22.6 Å². The molecule has 0 saturated carbocycles. The molecule has 2 aromatic rings. The highest BCUT2D eigenvalue weighted by Crippen LogP contribution is 2.21. The summed E-state index contributed by atoms with van der Waals surface area (Å²) in [7, 11) is 1.59. The number of furan rings is 1. The molecule has 18 heavy (non-hydrogen) atoms. The van der Waals surface area contributed by atoms with E-state index in [1.165, 1.54) is 0 Å². The second-order valence-electron chi connectivity index (χ2n) is 4.24. The molecule has 0 fully saturated rings. The number of carbonyl (C=O) groups excluding carboxylic acids is 1. The van der Waals surface area contributed by atoms with Crippen LogP contribution in [0.15, 0.2) is 28.7 Å². The summed E-state index contributed by atoms with van der Waals surface area (Å²) in [5.41, 5.74) is 6.96. The minimum absolute atomic E-state index is 0.0687. The highest BCUT2D eigenvalue weighted by Gasteiger charge is 2.14. The number of benzene rings is 1. The molecule has 1 amide bonds. The van der Waals surface area contributed by atoms with Gasteiger partial charge in [0.05, 0.1) is 6.61 Å². The van der Waals surface area contributed by atoms with Crippen LogP contribution in [0.5, 0.6) is 0 Å². The molecular formula is C13H16N2O3. The third kappa shape index (κ3) is 2.62. The predicted octanol–water partition coefficient (Wildman–Crippen LogP) is 1.78. The molecular weight excluding hydrogens is 232 g/mol. The molecule has 1 atom stereocenters. The third-order valence-electron chi connectivity index (χ3n) is 2.56. The summed E-state index contributed by atoms with van der Waals surface area (Å²) in [6.07, 6.45) is 0. The summed E-state index contributed by atoms with van der Waals surface area (Å²) in [4.78, 5) is 11.9. The van der Waals surface area contributed by atoms with Crippen LogP contribution in [-0.2, 0) is 4.74 Å². The van der Waals surface area contributed by atoms with Gasteiger partial charge in [-0.1, -0.05) is 0 Å². The van der Waals surface area contributed by atoms with E-state index in [9.17, 15) is 4.79 Å². The lowest BCUT2D eigenvalue weighted by atomic mass is 10.2. The second kappa shape index (κ2) is 5.10. The van der Waals surface area contributed by atoms with Crippen molar-refractivity contribution in [3.05, 3.63) is 30.0 Å². The van der Waals surface area contributed by atoms with Gasteiger partial charge in [-0.15, -0.1) is 0 Å². The largest absolute Gasteiger partial charge is 0.451 e. The van der Waals surface area contributed by atoms with Gasteiger partial charge in [-0.25, -0.2) is 0 Å². The fourth-order valence-corrected chi connectivity index (χ4v) is 1.76. The standard InChI is InChI=1S/C13H16N2O3/c1-8(7-17-2)15-13(16)12-6-9-5-10(14)3-4-11(9)18-12/h3-6,8H,7,14H2,1-2H3,(H,15,16). The third-order valence-corrected chi connectivity index (χ3v) is 2.56. The average molecular weight is 248 g/mol. The van der Waals surface area contributed by atoms with Crippen LogP contribution < -0.4 is 11.1 Å². The van der Waals surface area contributed by atoms with Crippen molar-refractivity contribution in [1.29, 1.82) is 0 Å². The maximum Gasteiger partial charge on any atom is 0.287 e. The predicted molar refractivity (Wildman–Crippen MR) is 69.4 cm³/mol. The zero-order chi connectivity index (χ0) is 13.1. The Morgan fingerprint density at radius 1 is 1.50 bits per heavy atom. The van der Waals surface area contributed by atoms with Crippen molar-refractivity contribution in [1.82, 2.24) is 5.32 Å². The molecule has 5 nitrogen and oxygen atoms in total. The number of anilines is 1. The van der Waals surface area contributed by atoms with Crippen molar-refractivity contribution in [3.63, 3.8) is 0 Å². The average Bonchev–Trinajstić information content (AvgIpc) is 2.72. The van der Waals surface area contributed by atoms with Crippen molar-refractivity contribution in [2.24, 2.45) is 0 Å². The fraction of sp³-hybridized carbons (Fsp3) is 0.308. The number of nitrogens with two attached hydrogens (primary N) is 1. The van der Waals surface area contributed by atoms with E-state index in [1.807, 2.05) is 6.92 Å². The van der Waals surface area contributed by atoms with Gasteiger partial charge in [-0.3, -0.25) is 4.79 Å². The molecule has 3 N–H and O–H groups in total. The fourth-order valence-electron chi connectivity index (χ4n) is 1.76. The topological polar surface area (TPSA) is 77.5 Å². The molecule has 0 saturated heterocycles. The van der Waals surface area contributed by atoms with Crippen LogP contribution in [0.4, 0.5) is 5.69 Å². The van der Waals surface area contributed by atoms with Gasteiger partial charge in [0.2, 0.25) is 0 Å². The zero-order valence-electron chi connectivity index (χ0n) is 10.4. The quantitative estimate of drug-likeness (QED) is 0.808. The Kier molecular flexibility index (Phi) is 3.53. The number of methoxy groups -OCH3 is 1. The Labute approximate surface area is 105 Å². The van der Waals surface area contributed by atoms with Crippen LogP contribution in [0.3, 0.4) is 0 Å². The molecule has 0 spiro atoms. The van der Waals surface area contributed by atoms with Crippen LogP contribution in [0, 0.1) is 0 Å². The van der Waals surface area contributed by atoms with Gasteiger partial charge in [0.25, 0.3) is 5.91 Å². The minimum atomic E-state index is -0.255. The Bertz CT molecular complexity index is 562. The summed E-state index contributed by atoms with van der Waals surface area (Å²) in [5.74, 6) is 0.0212. The normalized spacial score (nSPS) is 12.6. The number of hydrogen-bond acceptors (Lipinski definition) is 4. The molecule has 96 valence electrons. The smallest absolute Gasteiger partial charge is 0.287 e. The Morgan fingerprint density at radius 3 is 3.00 bits per heavy atom. The first-order chi connectivity index (χ1) is 8.60. The molecule has 1 aromatic heterocycles. The number of hydrogen-bond donors (Lipinski definition) is 2. The van der Waals surface area contributed by atoms with Gasteiger partial charge in [0, 0.05) is 24.2 Å². The van der Waals surface area contributed by atoms with Crippen LogP contribution in [0.25, 0.3) is 11.0 Å². The number of ether oxygens (including phenoxy) is 1. The first-order valence-corrected chi connectivity index (χ1v) is 5.69. The molecule has 0 aliphatic heterocycles. The lowest BCUT2D eigenvalue weighted by Gasteiger charge is -2.10. The minimum Gasteiger partial charge on any atom is -0.451 e. The maximum atomic E-state index is 11.9.